The Bertz CT molecular complexity index is 1250. The van der Waals surface area contributed by atoms with Crippen LogP contribution >= 0.6 is 0 Å². The molecule has 10 heteroatoms. The van der Waals surface area contributed by atoms with Gasteiger partial charge in [0.2, 0.25) is 5.91 Å². The van der Waals surface area contributed by atoms with Gasteiger partial charge in [0, 0.05) is 37.5 Å². The number of carbonyl (C=O) groups excluding carboxylic acids is 3. The van der Waals surface area contributed by atoms with Gasteiger partial charge in [0.15, 0.2) is 5.65 Å². The molecular weight excluding hydrogens is 410 g/mol. The quantitative estimate of drug-likeness (QED) is 0.552. The van der Waals surface area contributed by atoms with Crippen LogP contribution in [-0.4, -0.2) is 63.8 Å². The number of nitrogens with zero attached hydrogens (tertiary/aromatic N) is 4. The molecular formula is C22H21N7O3. The molecule has 4 rings (SSSR count). The first-order chi connectivity index (χ1) is 15.4. The van der Waals surface area contributed by atoms with Crippen LogP contribution in [0.2, 0.25) is 0 Å². The predicted octanol–water partition coefficient (Wildman–Crippen LogP) is 1.08. The molecule has 3 N–H and O–H groups in total. The maximum Gasteiger partial charge on any atom is 0.255 e. The van der Waals surface area contributed by atoms with Gasteiger partial charge in [0.1, 0.15) is 11.6 Å². The van der Waals surface area contributed by atoms with E-state index in [0.29, 0.717) is 41.1 Å². The molecule has 3 amide bonds. The predicted molar refractivity (Wildman–Crippen MR) is 115 cm³/mol. The molecule has 10 nitrogen and oxygen atoms in total. The average molecular weight is 431 g/mol. The summed E-state index contributed by atoms with van der Waals surface area (Å²) >= 11 is 0. The highest BCUT2D eigenvalue weighted by molar-refractivity contribution is 6.06. The van der Waals surface area contributed by atoms with E-state index in [-0.39, 0.29) is 23.3 Å². The second-order valence-corrected chi connectivity index (χ2v) is 7.58. The minimum atomic E-state index is -0.743. The molecule has 0 aliphatic carbocycles. The van der Waals surface area contributed by atoms with E-state index in [1.165, 1.54) is 6.20 Å². The number of hydrogen-bond donors (Lipinski definition) is 3. The molecule has 162 valence electrons. The van der Waals surface area contributed by atoms with Crippen LogP contribution in [0.15, 0.2) is 36.7 Å². The zero-order valence-electron chi connectivity index (χ0n) is 17.5. The molecule has 3 aromatic rings. The third-order valence-electron chi connectivity index (χ3n) is 5.37. The van der Waals surface area contributed by atoms with Crippen LogP contribution in [0.5, 0.6) is 0 Å². The molecule has 1 atom stereocenters. The largest absolute Gasteiger partial charge is 0.355 e. The Labute approximate surface area is 183 Å². The average Bonchev–Trinajstić information content (AvgIpc) is 3.21. The van der Waals surface area contributed by atoms with Crippen molar-refractivity contribution >= 4 is 28.9 Å². The number of rotatable bonds is 5. The molecule has 3 heterocycles. The summed E-state index contributed by atoms with van der Waals surface area (Å²) in [6, 6.07) is 8.31. The lowest BCUT2D eigenvalue weighted by molar-refractivity contribution is -0.137. The lowest BCUT2D eigenvalue weighted by Crippen LogP contribution is -2.55. The molecule has 1 aliphatic heterocycles. The van der Waals surface area contributed by atoms with Crippen LogP contribution in [0.4, 0.5) is 0 Å². The van der Waals surface area contributed by atoms with E-state index in [1.54, 1.807) is 49.3 Å². The van der Waals surface area contributed by atoms with Gasteiger partial charge in [0.25, 0.3) is 11.8 Å². The highest BCUT2D eigenvalue weighted by atomic mass is 16.2. The number of likely N-dealkylation sites (tertiary alicyclic amines) is 1. The number of H-pyrrole nitrogens is 1. The normalized spacial score (nSPS) is 14.3. The van der Waals surface area contributed by atoms with Gasteiger partial charge in [-0.1, -0.05) is 12.1 Å². The summed E-state index contributed by atoms with van der Waals surface area (Å²) in [6.45, 7) is 2.37. The third kappa shape index (κ3) is 3.88. The maximum absolute atomic E-state index is 12.8. The first-order valence-electron chi connectivity index (χ1n) is 10.1. The van der Waals surface area contributed by atoms with E-state index >= 15 is 0 Å². The van der Waals surface area contributed by atoms with Crippen LogP contribution in [-0.2, 0) is 4.79 Å². The fourth-order valence-corrected chi connectivity index (χ4v) is 3.52. The molecule has 0 unspecified atom stereocenters. The van der Waals surface area contributed by atoms with Crippen molar-refractivity contribution in [1.29, 1.82) is 5.26 Å². The Hall–Kier alpha value is -4.26. The summed E-state index contributed by atoms with van der Waals surface area (Å²) in [5.41, 5.74) is 2.72. The fourth-order valence-electron chi connectivity index (χ4n) is 3.52. The van der Waals surface area contributed by atoms with Crippen molar-refractivity contribution in [3.8, 4) is 17.3 Å². The monoisotopic (exact) mass is 431 g/mol. The van der Waals surface area contributed by atoms with Crippen LogP contribution in [0.25, 0.3) is 22.4 Å². The minimum absolute atomic E-state index is 0.147. The fraction of sp³-hybridized carbons (Fsp3) is 0.273. The molecule has 1 aromatic carbocycles. The van der Waals surface area contributed by atoms with Gasteiger partial charge in [0.05, 0.1) is 29.4 Å². The van der Waals surface area contributed by atoms with E-state index < -0.39 is 11.9 Å². The van der Waals surface area contributed by atoms with Crippen LogP contribution in [0.1, 0.15) is 27.6 Å². The van der Waals surface area contributed by atoms with Gasteiger partial charge >= 0.3 is 0 Å². The lowest BCUT2D eigenvalue weighted by Gasteiger charge is -2.37. The Morgan fingerprint density at radius 2 is 2.06 bits per heavy atom. The molecule has 0 radical (unpaired) electrons. The van der Waals surface area contributed by atoms with Crippen LogP contribution < -0.4 is 10.6 Å². The number of nitrogens with one attached hydrogen (secondary N) is 3. The summed E-state index contributed by atoms with van der Waals surface area (Å²) in [5, 5.41) is 14.1. The van der Waals surface area contributed by atoms with Crippen LogP contribution in [0.3, 0.4) is 0 Å². The second-order valence-electron chi connectivity index (χ2n) is 7.58. The SMILES string of the molecule is CNC(=O)c1cccc(-c2cnc3[nH]cc(C(=O)N[C@H](C)C(=O)N4CC(C#N)C4)c3n2)c1. The van der Waals surface area contributed by atoms with E-state index in [4.69, 9.17) is 5.26 Å². The summed E-state index contributed by atoms with van der Waals surface area (Å²) < 4.78 is 0. The van der Waals surface area contributed by atoms with Gasteiger partial charge in [-0.05, 0) is 19.1 Å². The van der Waals surface area contributed by atoms with Gasteiger partial charge in [-0.15, -0.1) is 0 Å². The summed E-state index contributed by atoms with van der Waals surface area (Å²) in [4.78, 5) is 50.6. The van der Waals surface area contributed by atoms with Crippen molar-refractivity contribution in [1.82, 2.24) is 30.5 Å². The number of amides is 3. The maximum atomic E-state index is 12.8. The highest BCUT2D eigenvalue weighted by Crippen LogP contribution is 2.22. The number of benzene rings is 1. The first-order valence-corrected chi connectivity index (χ1v) is 10.1. The molecule has 2 aromatic heterocycles. The Morgan fingerprint density at radius 1 is 1.28 bits per heavy atom. The first kappa shape index (κ1) is 21.0. The molecule has 32 heavy (non-hydrogen) atoms. The number of aromatic amines is 1. The van der Waals surface area contributed by atoms with E-state index in [1.807, 2.05) is 0 Å². The number of nitriles is 1. The summed E-state index contributed by atoms with van der Waals surface area (Å²) in [6.07, 6.45) is 3.06. The number of aromatic nitrogens is 3. The number of carbonyl (C=O) groups is 3. The topological polar surface area (TPSA) is 144 Å². The Kier molecular flexibility index (Phi) is 5.55. The summed E-state index contributed by atoms with van der Waals surface area (Å²) in [7, 11) is 1.56. The zero-order valence-corrected chi connectivity index (χ0v) is 17.5. The smallest absolute Gasteiger partial charge is 0.255 e. The van der Waals surface area contributed by atoms with Gasteiger partial charge in [-0.2, -0.15) is 5.26 Å². The molecule has 1 saturated heterocycles. The second kappa shape index (κ2) is 8.47. The van der Waals surface area contributed by atoms with Crippen LogP contribution in [0, 0.1) is 17.2 Å². The molecule has 1 aliphatic rings. The summed E-state index contributed by atoms with van der Waals surface area (Å²) in [5.74, 6) is -1.06. The third-order valence-corrected chi connectivity index (χ3v) is 5.37. The van der Waals surface area contributed by atoms with Crippen molar-refractivity contribution in [2.75, 3.05) is 20.1 Å². The molecule has 0 bridgehead atoms. The van der Waals surface area contributed by atoms with Crippen molar-refractivity contribution in [3.05, 3.63) is 47.8 Å². The van der Waals surface area contributed by atoms with Gasteiger partial charge in [-0.3, -0.25) is 14.4 Å². The van der Waals surface area contributed by atoms with E-state index in [0.717, 1.165) is 0 Å². The standard InChI is InChI=1S/C22H21N7O3/c1-12(22(32)29-10-13(7-23)11-29)27-21(31)16-8-25-19-18(16)28-17(9-26-19)14-4-3-5-15(6-14)20(30)24-2/h3-6,8-9,12-13H,10-11H2,1-2H3,(H,24,30)(H,25,26)(H,27,31)/t12-/m1/s1. The Morgan fingerprint density at radius 3 is 2.78 bits per heavy atom. The Balaban J connectivity index is 1.55. The number of fused-ring (bicyclic) bond motifs is 1. The number of hydrogen-bond acceptors (Lipinski definition) is 6. The molecule has 0 saturated carbocycles. The van der Waals surface area contributed by atoms with Gasteiger partial charge in [-0.25, -0.2) is 9.97 Å². The van der Waals surface area contributed by atoms with Gasteiger partial charge < -0.3 is 20.5 Å². The highest BCUT2D eigenvalue weighted by Gasteiger charge is 2.33. The van der Waals surface area contributed by atoms with Crippen molar-refractivity contribution in [2.24, 2.45) is 5.92 Å². The van der Waals surface area contributed by atoms with Crippen molar-refractivity contribution in [2.45, 2.75) is 13.0 Å². The minimum Gasteiger partial charge on any atom is -0.355 e. The molecule has 1 fully saturated rings. The van der Waals surface area contributed by atoms with Crippen molar-refractivity contribution < 1.29 is 14.4 Å². The zero-order chi connectivity index (χ0) is 22.8. The van der Waals surface area contributed by atoms with E-state index in [2.05, 4.69) is 31.7 Å². The van der Waals surface area contributed by atoms with Crippen molar-refractivity contribution in [3.63, 3.8) is 0 Å². The molecule has 0 spiro atoms. The lowest BCUT2D eigenvalue weighted by atomic mass is 10.0. The van der Waals surface area contributed by atoms with E-state index in [9.17, 15) is 14.4 Å².